The molecule has 1 aromatic heterocycles. The standard InChI is InChI=1S/C16H19Br2NOS/c1-10-5-12(18)6-11(7-17)15(10)20-8-14-19-13(9-21-14)16(2,3)4/h5-6,9H,7-8H2,1-4H3. The molecular formula is C16H19Br2NOS. The number of halogens is 2. The molecule has 114 valence electrons. The highest BCUT2D eigenvalue weighted by molar-refractivity contribution is 9.10. The van der Waals surface area contributed by atoms with Crippen molar-refractivity contribution in [1.29, 1.82) is 0 Å². The van der Waals surface area contributed by atoms with Crippen LogP contribution < -0.4 is 4.74 Å². The molecule has 1 heterocycles. The molecule has 0 amide bonds. The van der Waals surface area contributed by atoms with Crippen molar-refractivity contribution in [2.75, 3.05) is 0 Å². The van der Waals surface area contributed by atoms with Crippen LogP contribution in [0.4, 0.5) is 0 Å². The summed E-state index contributed by atoms with van der Waals surface area (Å²) in [5.74, 6) is 0.947. The van der Waals surface area contributed by atoms with E-state index in [1.807, 2.05) is 0 Å². The Bertz CT molecular complexity index is 632. The second-order valence-corrected chi connectivity index (χ2v) is 8.43. The van der Waals surface area contributed by atoms with Crippen LogP contribution in [0.25, 0.3) is 0 Å². The minimum Gasteiger partial charge on any atom is -0.486 e. The summed E-state index contributed by atoms with van der Waals surface area (Å²) in [6.07, 6.45) is 0. The number of aromatic nitrogens is 1. The summed E-state index contributed by atoms with van der Waals surface area (Å²) in [7, 11) is 0. The van der Waals surface area contributed by atoms with Crippen LogP contribution in [0, 0.1) is 6.92 Å². The van der Waals surface area contributed by atoms with Crippen molar-refractivity contribution in [2.24, 2.45) is 0 Å². The molecule has 2 aromatic rings. The second kappa shape index (κ2) is 6.80. The number of hydrogen-bond acceptors (Lipinski definition) is 3. The van der Waals surface area contributed by atoms with Gasteiger partial charge in [0.25, 0.3) is 0 Å². The van der Waals surface area contributed by atoms with Crippen molar-refractivity contribution in [3.63, 3.8) is 0 Å². The lowest BCUT2D eigenvalue weighted by molar-refractivity contribution is 0.300. The third-order valence-electron chi connectivity index (χ3n) is 3.12. The Hall–Kier alpha value is -0.390. The molecule has 0 aliphatic carbocycles. The monoisotopic (exact) mass is 431 g/mol. The van der Waals surface area contributed by atoms with Gasteiger partial charge in [-0.3, -0.25) is 0 Å². The molecule has 1 aromatic carbocycles. The van der Waals surface area contributed by atoms with Gasteiger partial charge in [0.15, 0.2) is 0 Å². The van der Waals surface area contributed by atoms with Crippen molar-refractivity contribution in [1.82, 2.24) is 4.98 Å². The molecule has 0 radical (unpaired) electrons. The fourth-order valence-electron chi connectivity index (χ4n) is 1.96. The summed E-state index contributed by atoms with van der Waals surface area (Å²) in [6.45, 7) is 9.11. The van der Waals surface area contributed by atoms with E-state index >= 15 is 0 Å². The first-order valence-electron chi connectivity index (χ1n) is 6.74. The summed E-state index contributed by atoms with van der Waals surface area (Å²) in [4.78, 5) is 4.67. The molecule has 0 atom stereocenters. The van der Waals surface area contributed by atoms with Crippen LogP contribution in [0.5, 0.6) is 5.75 Å². The Morgan fingerprint density at radius 2 is 2.00 bits per heavy atom. The van der Waals surface area contributed by atoms with Crippen LogP contribution in [0.15, 0.2) is 22.0 Å². The van der Waals surface area contributed by atoms with Crippen LogP contribution in [0.3, 0.4) is 0 Å². The van der Waals surface area contributed by atoms with Gasteiger partial charge in [-0.05, 0) is 24.6 Å². The summed E-state index contributed by atoms with van der Waals surface area (Å²) in [5.41, 5.74) is 3.49. The zero-order valence-corrected chi connectivity index (χ0v) is 16.7. The van der Waals surface area contributed by atoms with Gasteiger partial charge in [-0.25, -0.2) is 4.98 Å². The largest absolute Gasteiger partial charge is 0.486 e. The van der Waals surface area contributed by atoms with Gasteiger partial charge in [-0.2, -0.15) is 0 Å². The minimum atomic E-state index is 0.0866. The molecule has 0 unspecified atom stereocenters. The van der Waals surface area contributed by atoms with Gasteiger partial charge in [-0.1, -0.05) is 52.6 Å². The van der Waals surface area contributed by atoms with E-state index in [1.54, 1.807) is 11.3 Å². The quantitative estimate of drug-likeness (QED) is 0.553. The molecule has 21 heavy (non-hydrogen) atoms. The maximum atomic E-state index is 6.02. The highest BCUT2D eigenvalue weighted by atomic mass is 79.9. The summed E-state index contributed by atoms with van der Waals surface area (Å²) >= 11 is 8.70. The van der Waals surface area contributed by atoms with Crippen LogP contribution in [-0.2, 0) is 17.4 Å². The average molecular weight is 433 g/mol. The fourth-order valence-corrected chi connectivity index (χ4v) is 3.93. The number of alkyl halides is 1. The topological polar surface area (TPSA) is 22.1 Å². The molecule has 2 nitrogen and oxygen atoms in total. The van der Waals surface area contributed by atoms with E-state index in [2.05, 4.69) is 82.1 Å². The minimum absolute atomic E-state index is 0.0866. The van der Waals surface area contributed by atoms with E-state index in [1.165, 1.54) is 0 Å². The first-order valence-corrected chi connectivity index (χ1v) is 9.53. The molecule has 0 fully saturated rings. The van der Waals surface area contributed by atoms with Crippen LogP contribution >= 0.6 is 43.2 Å². The zero-order valence-electron chi connectivity index (χ0n) is 12.7. The molecule has 5 heteroatoms. The predicted molar refractivity (Wildman–Crippen MR) is 96.7 cm³/mol. The van der Waals surface area contributed by atoms with Gasteiger partial charge < -0.3 is 4.74 Å². The number of nitrogens with zero attached hydrogens (tertiary/aromatic N) is 1. The molecule has 0 saturated heterocycles. The van der Waals surface area contributed by atoms with Crippen molar-refractivity contribution < 1.29 is 4.74 Å². The first kappa shape index (κ1) is 17.0. The van der Waals surface area contributed by atoms with Gasteiger partial charge in [-0.15, -0.1) is 11.3 Å². The lowest BCUT2D eigenvalue weighted by atomic mass is 9.93. The molecule has 0 aliphatic rings. The Morgan fingerprint density at radius 1 is 1.29 bits per heavy atom. The highest BCUT2D eigenvalue weighted by Crippen LogP contribution is 2.31. The molecular weight excluding hydrogens is 414 g/mol. The Kier molecular flexibility index (Phi) is 5.49. The smallest absolute Gasteiger partial charge is 0.140 e. The highest BCUT2D eigenvalue weighted by Gasteiger charge is 2.18. The second-order valence-electron chi connectivity index (χ2n) is 6.01. The lowest BCUT2D eigenvalue weighted by Gasteiger charge is -2.15. The lowest BCUT2D eigenvalue weighted by Crippen LogP contribution is -2.11. The van der Waals surface area contributed by atoms with Crippen molar-refractivity contribution in [3.05, 3.63) is 43.8 Å². The summed E-state index contributed by atoms with van der Waals surface area (Å²) < 4.78 is 7.10. The van der Waals surface area contributed by atoms with E-state index < -0.39 is 0 Å². The summed E-state index contributed by atoms with van der Waals surface area (Å²) in [6, 6.07) is 4.16. The number of aryl methyl sites for hydroxylation is 1. The van der Waals surface area contributed by atoms with Crippen molar-refractivity contribution in [2.45, 2.75) is 45.0 Å². The number of thiazole rings is 1. The van der Waals surface area contributed by atoms with Gasteiger partial charge in [0.1, 0.15) is 17.4 Å². The molecule has 0 spiro atoms. The van der Waals surface area contributed by atoms with Crippen LogP contribution in [0.2, 0.25) is 0 Å². The fraction of sp³-hybridized carbons (Fsp3) is 0.438. The number of ether oxygens (including phenoxy) is 1. The number of rotatable bonds is 4. The van der Waals surface area contributed by atoms with E-state index in [0.717, 1.165) is 37.4 Å². The van der Waals surface area contributed by atoms with Crippen LogP contribution in [0.1, 0.15) is 42.6 Å². The maximum Gasteiger partial charge on any atom is 0.140 e. The van der Waals surface area contributed by atoms with Crippen molar-refractivity contribution >= 4 is 43.2 Å². The summed E-state index contributed by atoms with van der Waals surface area (Å²) in [5, 5.41) is 3.91. The van der Waals surface area contributed by atoms with E-state index in [4.69, 9.17) is 4.74 Å². The Morgan fingerprint density at radius 3 is 2.57 bits per heavy atom. The molecule has 0 bridgehead atoms. The predicted octanol–water partition coefficient (Wildman–Crippen LogP) is 5.99. The van der Waals surface area contributed by atoms with Gasteiger partial charge in [0.05, 0.1) is 5.69 Å². The third kappa shape index (κ3) is 4.30. The Labute approximate surface area is 147 Å². The van der Waals surface area contributed by atoms with Crippen LogP contribution in [-0.4, -0.2) is 4.98 Å². The number of benzene rings is 1. The van der Waals surface area contributed by atoms with Gasteiger partial charge >= 0.3 is 0 Å². The van der Waals surface area contributed by atoms with Crippen molar-refractivity contribution in [3.8, 4) is 5.75 Å². The number of hydrogen-bond donors (Lipinski definition) is 0. The molecule has 0 N–H and O–H groups in total. The molecule has 2 rings (SSSR count). The van der Waals surface area contributed by atoms with E-state index in [9.17, 15) is 0 Å². The molecule has 0 aliphatic heterocycles. The van der Waals surface area contributed by atoms with E-state index in [0.29, 0.717) is 6.61 Å². The Balaban J connectivity index is 2.15. The third-order valence-corrected chi connectivity index (χ3v) is 5.00. The first-order chi connectivity index (χ1) is 9.81. The van der Waals surface area contributed by atoms with E-state index in [-0.39, 0.29) is 5.41 Å². The normalized spacial score (nSPS) is 11.7. The average Bonchev–Trinajstić information content (AvgIpc) is 2.85. The zero-order chi connectivity index (χ0) is 15.6. The SMILES string of the molecule is Cc1cc(Br)cc(CBr)c1OCc1nc(C(C)(C)C)cs1. The van der Waals surface area contributed by atoms with Gasteiger partial charge in [0, 0.05) is 26.2 Å². The van der Waals surface area contributed by atoms with Gasteiger partial charge in [0.2, 0.25) is 0 Å². The maximum absolute atomic E-state index is 6.02. The molecule has 0 saturated carbocycles.